The van der Waals surface area contributed by atoms with Gasteiger partial charge in [-0.25, -0.2) is 0 Å². The topological polar surface area (TPSA) is 49.4 Å². The van der Waals surface area contributed by atoms with Crippen LogP contribution in [0.2, 0.25) is 0 Å². The van der Waals surface area contributed by atoms with E-state index in [2.05, 4.69) is 24.4 Å². The minimum absolute atomic E-state index is 0.00221. The van der Waals surface area contributed by atoms with Gasteiger partial charge >= 0.3 is 0 Å². The fraction of sp³-hybridized carbons (Fsp3) is 0.600. The first-order chi connectivity index (χ1) is 9.49. The van der Waals surface area contributed by atoms with E-state index in [4.69, 9.17) is 0 Å². The Bertz CT molecular complexity index is 550. The Morgan fingerprint density at radius 3 is 2.75 bits per heavy atom. The third-order valence-corrected chi connectivity index (χ3v) is 5.26. The van der Waals surface area contributed by atoms with E-state index in [1.54, 1.807) is 11.3 Å². The van der Waals surface area contributed by atoms with E-state index in [0.717, 1.165) is 12.8 Å². The van der Waals surface area contributed by atoms with E-state index >= 15 is 0 Å². The second kappa shape index (κ2) is 4.88. The molecule has 1 aliphatic heterocycles. The van der Waals surface area contributed by atoms with Gasteiger partial charge in [-0.2, -0.15) is 0 Å². The Morgan fingerprint density at radius 1 is 1.40 bits per heavy atom. The molecule has 1 saturated carbocycles. The van der Waals surface area contributed by atoms with Gasteiger partial charge in [0.1, 0.15) is 5.54 Å². The van der Waals surface area contributed by atoms with Crippen LogP contribution in [0.3, 0.4) is 0 Å². The van der Waals surface area contributed by atoms with Crippen molar-refractivity contribution in [3.8, 4) is 0 Å². The lowest BCUT2D eigenvalue weighted by molar-refractivity contribution is -0.139. The van der Waals surface area contributed by atoms with Crippen LogP contribution in [0.15, 0.2) is 12.1 Å². The van der Waals surface area contributed by atoms with Crippen LogP contribution in [-0.4, -0.2) is 28.8 Å². The molecule has 1 atom stereocenters. The second-order valence-electron chi connectivity index (χ2n) is 6.01. The van der Waals surface area contributed by atoms with E-state index in [9.17, 15) is 9.59 Å². The molecule has 1 saturated heterocycles. The van der Waals surface area contributed by atoms with Crippen molar-refractivity contribution in [1.82, 2.24) is 10.2 Å². The fourth-order valence-electron chi connectivity index (χ4n) is 2.92. The largest absolute Gasteiger partial charge is 0.342 e. The first kappa shape index (κ1) is 13.6. The zero-order valence-corrected chi connectivity index (χ0v) is 12.8. The Labute approximate surface area is 123 Å². The van der Waals surface area contributed by atoms with Crippen molar-refractivity contribution in [3.05, 3.63) is 21.9 Å². The number of hydrogen-bond acceptors (Lipinski definition) is 3. The lowest BCUT2D eigenvalue weighted by Gasteiger charge is -2.32. The van der Waals surface area contributed by atoms with Crippen LogP contribution in [0.4, 0.5) is 0 Å². The SMILES string of the molecule is Cc1ccc(CN2CCC(=O)NC(C)(C3CC3)C2=O)s1. The molecule has 4 nitrogen and oxygen atoms in total. The van der Waals surface area contributed by atoms with Crippen LogP contribution in [-0.2, 0) is 16.1 Å². The van der Waals surface area contributed by atoms with Crippen LogP contribution >= 0.6 is 11.3 Å². The molecule has 2 heterocycles. The van der Waals surface area contributed by atoms with Gasteiger partial charge in [-0.3, -0.25) is 9.59 Å². The van der Waals surface area contributed by atoms with Gasteiger partial charge in [0.15, 0.2) is 0 Å². The van der Waals surface area contributed by atoms with E-state index < -0.39 is 5.54 Å². The summed E-state index contributed by atoms with van der Waals surface area (Å²) in [6.07, 6.45) is 2.47. The Hall–Kier alpha value is -1.36. The van der Waals surface area contributed by atoms with Crippen molar-refractivity contribution >= 4 is 23.2 Å². The van der Waals surface area contributed by atoms with Crippen molar-refractivity contribution in [3.63, 3.8) is 0 Å². The van der Waals surface area contributed by atoms with Gasteiger partial charge in [-0.1, -0.05) is 0 Å². The molecule has 1 aliphatic carbocycles. The van der Waals surface area contributed by atoms with E-state index in [-0.39, 0.29) is 11.8 Å². The summed E-state index contributed by atoms with van der Waals surface area (Å²) in [7, 11) is 0. The van der Waals surface area contributed by atoms with Crippen molar-refractivity contribution in [2.75, 3.05) is 6.54 Å². The number of aryl methyl sites for hydroxylation is 1. The fourth-order valence-corrected chi connectivity index (χ4v) is 3.82. The van der Waals surface area contributed by atoms with Crippen molar-refractivity contribution in [2.24, 2.45) is 5.92 Å². The highest BCUT2D eigenvalue weighted by atomic mass is 32.1. The zero-order chi connectivity index (χ0) is 14.3. The first-order valence-electron chi connectivity index (χ1n) is 7.15. The predicted molar refractivity (Wildman–Crippen MR) is 78.4 cm³/mol. The molecule has 0 spiro atoms. The highest BCUT2D eigenvalue weighted by Gasteiger charge is 2.51. The summed E-state index contributed by atoms with van der Waals surface area (Å²) in [4.78, 5) is 29.0. The molecule has 1 N–H and O–H groups in total. The Balaban J connectivity index is 1.82. The molecule has 2 amide bonds. The molecule has 0 aromatic carbocycles. The van der Waals surface area contributed by atoms with Gasteiger partial charge in [-0.05, 0) is 44.7 Å². The molecule has 1 aromatic heterocycles. The first-order valence-corrected chi connectivity index (χ1v) is 7.96. The number of carbonyl (C=O) groups excluding carboxylic acids is 2. The monoisotopic (exact) mass is 292 g/mol. The van der Waals surface area contributed by atoms with E-state index in [0.29, 0.717) is 25.4 Å². The standard InChI is InChI=1S/C15H20N2O2S/c1-10-3-6-12(20-10)9-17-8-7-13(18)16-15(2,14(17)19)11-4-5-11/h3,6,11H,4-5,7-9H2,1-2H3,(H,16,18). The number of rotatable bonds is 3. The van der Waals surface area contributed by atoms with Crippen LogP contribution in [0.5, 0.6) is 0 Å². The molecule has 20 heavy (non-hydrogen) atoms. The molecule has 0 radical (unpaired) electrons. The van der Waals surface area contributed by atoms with Gasteiger partial charge in [-0.15, -0.1) is 11.3 Å². The molecule has 2 aliphatic rings. The minimum Gasteiger partial charge on any atom is -0.342 e. The number of amides is 2. The Kier molecular flexibility index (Phi) is 3.32. The number of nitrogens with one attached hydrogen (secondary N) is 1. The number of hydrogen-bond donors (Lipinski definition) is 1. The lowest BCUT2D eigenvalue weighted by Crippen LogP contribution is -2.56. The molecular weight excluding hydrogens is 272 g/mol. The minimum atomic E-state index is -0.695. The predicted octanol–water partition coefficient (Wildman–Crippen LogP) is 2.07. The van der Waals surface area contributed by atoms with E-state index in [1.807, 2.05) is 11.8 Å². The second-order valence-corrected chi connectivity index (χ2v) is 7.39. The molecule has 0 bridgehead atoms. The third kappa shape index (κ3) is 2.46. The zero-order valence-electron chi connectivity index (χ0n) is 11.9. The van der Waals surface area contributed by atoms with Crippen LogP contribution in [0, 0.1) is 12.8 Å². The van der Waals surface area contributed by atoms with Crippen LogP contribution < -0.4 is 5.32 Å². The molecular formula is C15H20N2O2S. The van der Waals surface area contributed by atoms with Gasteiger partial charge in [0, 0.05) is 22.7 Å². The maximum atomic E-state index is 12.8. The summed E-state index contributed by atoms with van der Waals surface area (Å²) in [5, 5.41) is 2.96. The average Bonchev–Trinajstić information content (AvgIpc) is 3.18. The summed E-state index contributed by atoms with van der Waals surface area (Å²) >= 11 is 1.72. The molecule has 1 aromatic rings. The molecule has 108 valence electrons. The summed E-state index contributed by atoms with van der Waals surface area (Å²) < 4.78 is 0. The quantitative estimate of drug-likeness (QED) is 0.927. The summed E-state index contributed by atoms with van der Waals surface area (Å²) in [5.74, 6) is 0.388. The van der Waals surface area contributed by atoms with Gasteiger partial charge in [0.2, 0.25) is 11.8 Å². The van der Waals surface area contributed by atoms with Gasteiger partial charge in [0.05, 0.1) is 6.54 Å². The molecule has 3 rings (SSSR count). The number of nitrogens with zero attached hydrogens (tertiary/aromatic N) is 1. The lowest BCUT2D eigenvalue weighted by atomic mass is 9.94. The highest BCUT2D eigenvalue weighted by molar-refractivity contribution is 7.11. The maximum absolute atomic E-state index is 12.8. The molecule has 1 unspecified atom stereocenters. The molecule has 2 fully saturated rings. The maximum Gasteiger partial charge on any atom is 0.248 e. The highest BCUT2D eigenvalue weighted by Crippen LogP contribution is 2.41. The van der Waals surface area contributed by atoms with Crippen molar-refractivity contribution < 1.29 is 9.59 Å². The normalized spacial score (nSPS) is 27.4. The van der Waals surface area contributed by atoms with E-state index in [1.165, 1.54) is 9.75 Å². The van der Waals surface area contributed by atoms with Gasteiger partial charge < -0.3 is 10.2 Å². The van der Waals surface area contributed by atoms with Crippen LogP contribution in [0.25, 0.3) is 0 Å². The number of carbonyl (C=O) groups is 2. The molecule has 5 heteroatoms. The average molecular weight is 292 g/mol. The Morgan fingerprint density at radius 2 is 2.15 bits per heavy atom. The van der Waals surface area contributed by atoms with Crippen LogP contribution in [0.1, 0.15) is 35.9 Å². The number of thiophene rings is 1. The third-order valence-electron chi connectivity index (χ3n) is 4.28. The summed E-state index contributed by atoms with van der Waals surface area (Å²) in [6, 6.07) is 4.15. The summed E-state index contributed by atoms with van der Waals surface area (Å²) in [5.41, 5.74) is -0.695. The van der Waals surface area contributed by atoms with Gasteiger partial charge in [0.25, 0.3) is 0 Å². The van der Waals surface area contributed by atoms with Crippen molar-refractivity contribution in [1.29, 1.82) is 0 Å². The summed E-state index contributed by atoms with van der Waals surface area (Å²) in [6.45, 7) is 5.10. The van der Waals surface area contributed by atoms with Crippen molar-refractivity contribution in [2.45, 2.75) is 45.2 Å². The smallest absolute Gasteiger partial charge is 0.248 e.